The third kappa shape index (κ3) is 11.2. The van der Waals surface area contributed by atoms with E-state index >= 15 is 0 Å². The van der Waals surface area contributed by atoms with Gasteiger partial charge in [0.15, 0.2) is 0 Å². The second-order valence-electron chi connectivity index (χ2n) is 3.50. The summed E-state index contributed by atoms with van der Waals surface area (Å²) < 4.78 is 0. The van der Waals surface area contributed by atoms with Gasteiger partial charge in [0.1, 0.15) is 0 Å². The van der Waals surface area contributed by atoms with Gasteiger partial charge in [-0.15, -0.1) is 0 Å². The number of likely N-dealkylation sites (N-methyl/N-ethyl adjacent to an activating group) is 1. The summed E-state index contributed by atoms with van der Waals surface area (Å²) in [5.41, 5.74) is 4.89. The van der Waals surface area contributed by atoms with Gasteiger partial charge in [-0.25, -0.2) is 0 Å². The molecule has 0 bridgehead atoms. The summed E-state index contributed by atoms with van der Waals surface area (Å²) in [7, 11) is 3.86. The molecule has 0 aliphatic carbocycles. The van der Waals surface area contributed by atoms with E-state index in [1.807, 2.05) is 55.4 Å². The van der Waals surface area contributed by atoms with Gasteiger partial charge in [-0.05, 0) is 26.9 Å². The molecule has 1 aliphatic rings. The van der Waals surface area contributed by atoms with E-state index in [0.29, 0.717) is 0 Å². The summed E-state index contributed by atoms with van der Waals surface area (Å²) in [5, 5.41) is 3.04. The zero-order valence-electron chi connectivity index (χ0n) is 15.8. The van der Waals surface area contributed by atoms with Crippen LogP contribution in [-0.2, 0) is 4.79 Å². The maximum Gasteiger partial charge on any atom is 0.237 e. The van der Waals surface area contributed by atoms with Crippen molar-refractivity contribution in [3.63, 3.8) is 0 Å². The van der Waals surface area contributed by atoms with Crippen LogP contribution < -0.4 is 11.1 Å². The number of carbonyl (C=O) groups is 1. The van der Waals surface area contributed by atoms with Gasteiger partial charge in [0, 0.05) is 13.1 Å². The van der Waals surface area contributed by atoms with Crippen molar-refractivity contribution in [2.75, 3.05) is 27.2 Å². The lowest BCUT2D eigenvalue weighted by Gasteiger charge is -2.37. The fourth-order valence-corrected chi connectivity index (χ4v) is 1.62. The van der Waals surface area contributed by atoms with E-state index in [4.69, 9.17) is 5.73 Å². The van der Waals surface area contributed by atoms with Crippen molar-refractivity contribution in [3.8, 4) is 0 Å². The number of piperidine rings is 1. The van der Waals surface area contributed by atoms with Gasteiger partial charge in [-0.2, -0.15) is 0 Å². The van der Waals surface area contributed by atoms with Crippen LogP contribution in [0.1, 0.15) is 68.2 Å². The van der Waals surface area contributed by atoms with E-state index in [1.165, 1.54) is 0 Å². The van der Waals surface area contributed by atoms with Crippen LogP contribution in [0.15, 0.2) is 0 Å². The van der Waals surface area contributed by atoms with Crippen LogP contribution in [0, 0.1) is 0 Å². The second kappa shape index (κ2) is 20.7. The van der Waals surface area contributed by atoms with Crippen LogP contribution >= 0.6 is 0 Å². The van der Waals surface area contributed by atoms with Crippen molar-refractivity contribution in [1.82, 2.24) is 10.2 Å². The van der Waals surface area contributed by atoms with Crippen molar-refractivity contribution in [1.29, 1.82) is 0 Å². The first kappa shape index (κ1) is 27.7. The van der Waals surface area contributed by atoms with Crippen molar-refractivity contribution in [2.24, 2.45) is 5.73 Å². The number of hydrogen-bond acceptors (Lipinski definition) is 3. The average molecular weight is 292 g/mol. The fraction of sp³-hybridized carbons (Fsp3) is 0.938. The van der Waals surface area contributed by atoms with Gasteiger partial charge in [0.2, 0.25) is 5.91 Å². The molecule has 0 spiro atoms. The Morgan fingerprint density at radius 3 is 1.45 bits per heavy atom. The molecule has 0 saturated carbocycles. The topological polar surface area (TPSA) is 58.4 Å². The third-order valence-electron chi connectivity index (χ3n) is 2.79. The van der Waals surface area contributed by atoms with E-state index < -0.39 is 5.54 Å². The largest absolute Gasteiger partial charge is 0.368 e. The first-order valence-electron chi connectivity index (χ1n) is 8.28. The summed E-state index contributed by atoms with van der Waals surface area (Å²) in [6, 6.07) is 0. The SMILES string of the molecule is CC.CC.CC.CC.CNC1(C(N)=O)CCN(C)CC1. The molecule has 1 amide bonds. The predicted octanol–water partition coefficient (Wildman–Crippen LogP) is 3.26. The Bertz CT molecular complexity index is 177. The van der Waals surface area contributed by atoms with Crippen molar-refractivity contribution in [3.05, 3.63) is 0 Å². The molecule has 0 radical (unpaired) electrons. The highest BCUT2D eigenvalue weighted by molar-refractivity contribution is 5.84. The number of carbonyl (C=O) groups excluding carboxylic acids is 1. The number of hydrogen-bond donors (Lipinski definition) is 2. The molecular weight excluding hydrogens is 250 g/mol. The fourth-order valence-electron chi connectivity index (χ4n) is 1.62. The van der Waals surface area contributed by atoms with E-state index in [0.717, 1.165) is 25.9 Å². The van der Waals surface area contributed by atoms with Crippen LogP contribution in [0.5, 0.6) is 0 Å². The minimum Gasteiger partial charge on any atom is -0.368 e. The Labute approximate surface area is 128 Å². The normalized spacial score (nSPS) is 15.5. The Hall–Kier alpha value is -0.610. The summed E-state index contributed by atoms with van der Waals surface area (Å²) in [6.45, 7) is 17.9. The highest BCUT2D eigenvalue weighted by Gasteiger charge is 2.37. The summed E-state index contributed by atoms with van der Waals surface area (Å²) in [4.78, 5) is 13.4. The quantitative estimate of drug-likeness (QED) is 0.821. The number of nitrogens with zero attached hydrogens (tertiary/aromatic N) is 1. The minimum absolute atomic E-state index is 0.224. The Kier molecular flexibility index (Phi) is 28.7. The highest BCUT2D eigenvalue weighted by atomic mass is 16.1. The van der Waals surface area contributed by atoms with Gasteiger partial charge in [0.05, 0.1) is 5.54 Å². The third-order valence-corrected chi connectivity index (χ3v) is 2.79. The van der Waals surface area contributed by atoms with E-state index in [9.17, 15) is 4.79 Å². The molecule has 20 heavy (non-hydrogen) atoms. The Balaban J connectivity index is -0.000000138. The van der Waals surface area contributed by atoms with E-state index in [1.54, 1.807) is 7.05 Å². The monoisotopic (exact) mass is 291 g/mol. The smallest absolute Gasteiger partial charge is 0.237 e. The molecule has 4 nitrogen and oxygen atoms in total. The van der Waals surface area contributed by atoms with E-state index in [-0.39, 0.29) is 5.91 Å². The second-order valence-corrected chi connectivity index (χ2v) is 3.50. The van der Waals surface area contributed by atoms with Gasteiger partial charge in [-0.3, -0.25) is 4.79 Å². The molecule has 1 heterocycles. The molecule has 0 aromatic carbocycles. The van der Waals surface area contributed by atoms with Gasteiger partial charge in [-0.1, -0.05) is 55.4 Å². The minimum atomic E-state index is -0.452. The lowest BCUT2D eigenvalue weighted by molar-refractivity contribution is -0.126. The molecule has 1 aliphatic heterocycles. The molecule has 3 N–H and O–H groups in total. The first-order valence-corrected chi connectivity index (χ1v) is 8.28. The van der Waals surface area contributed by atoms with Crippen LogP contribution in [0.3, 0.4) is 0 Å². The molecule has 126 valence electrons. The number of primary amides is 1. The first-order chi connectivity index (χ1) is 9.60. The summed E-state index contributed by atoms with van der Waals surface area (Å²) >= 11 is 0. The molecular formula is C16H41N3O. The number of nitrogens with one attached hydrogen (secondary N) is 1. The standard InChI is InChI=1S/C8H17N3O.4C2H6/c1-10-8(7(9)12)3-5-11(2)6-4-8;4*1-2/h10H,3-6H2,1-2H3,(H2,9,12);4*1-2H3. The number of nitrogens with two attached hydrogens (primary N) is 1. The number of rotatable bonds is 2. The van der Waals surface area contributed by atoms with Gasteiger partial charge >= 0.3 is 0 Å². The molecule has 0 atom stereocenters. The maximum atomic E-state index is 11.2. The molecule has 0 aromatic rings. The summed E-state index contributed by atoms with van der Waals surface area (Å²) in [6.07, 6.45) is 1.63. The van der Waals surface area contributed by atoms with Crippen LogP contribution in [-0.4, -0.2) is 43.5 Å². The molecule has 4 heteroatoms. The molecule has 0 unspecified atom stereocenters. The summed E-state index contributed by atoms with van der Waals surface area (Å²) in [5.74, 6) is -0.224. The molecule has 0 aromatic heterocycles. The van der Waals surface area contributed by atoms with Gasteiger partial charge < -0.3 is 16.0 Å². The molecule has 1 fully saturated rings. The van der Waals surface area contributed by atoms with Crippen LogP contribution in [0.4, 0.5) is 0 Å². The van der Waals surface area contributed by atoms with Crippen molar-refractivity contribution in [2.45, 2.75) is 73.8 Å². The molecule has 1 rings (SSSR count). The number of amides is 1. The predicted molar refractivity (Wildman–Crippen MR) is 93.1 cm³/mol. The van der Waals surface area contributed by atoms with Gasteiger partial charge in [0.25, 0.3) is 0 Å². The Morgan fingerprint density at radius 2 is 1.25 bits per heavy atom. The van der Waals surface area contributed by atoms with Crippen LogP contribution in [0.2, 0.25) is 0 Å². The van der Waals surface area contributed by atoms with Crippen molar-refractivity contribution >= 4 is 5.91 Å². The molecule has 1 saturated heterocycles. The highest BCUT2D eigenvalue weighted by Crippen LogP contribution is 2.20. The zero-order chi connectivity index (χ0) is 17.2. The maximum absolute atomic E-state index is 11.2. The van der Waals surface area contributed by atoms with E-state index in [2.05, 4.69) is 17.3 Å². The lowest BCUT2D eigenvalue weighted by Crippen LogP contribution is -2.59. The lowest BCUT2D eigenvalue weighted by atomic mass is 9.87. The number of likely N-dealkylation sites (tertiary alicyclic amines) is 1. The van der Waals surface area contributed by atoms with Crippen molar-refractivity contribution < 1.29 is 4.79 Å². The van der Waals surface area contributed by atoms with Crippen LogP contribution in [0.25, 0.3) is 0 Å². The average Bonchev–Trinajstić information content (AvgIpc) is 2.56. The Morgan fingerprint density at radius 1 is 0.950 bits per heavy atom. The zero-order valence-corrected chi connectivity index (χ0v) is 15.8.